The SMILES string of the molecule is COc1ccc(-c2c(Cl)cc(C3(N)N=C(N)NN3)cc2Cl)cn1. The summed E-state index contributed by atoms with van der Waals surface area (Å²) < 4.78 is 5.04. The number of nitrogens with one attached hydrogen (secondary N) is 2. The lowest BCUT2D eigenvalue weighted by Gasteiger charge is -2.22. The number of hydrogen-bond acceptors (Lipinski definition) is 7. The lowest BCUT2D eigenvalue weighted by atomic mass is 10.0. The summed E-state index contributed by atoms with van der Waals surface area (Å²) in [6.07, 6.45) is 1.63. The first-order valence-electron chi connectivity index (χ1n) is 6.60. The molecule has 1 aliphatic rings. The van der Waals surface area contributed by atoms with Gasteiger partial charge in [0.2, 0.25) is 17.6 Å². The predicted molar refractivity (Wildman–Crippen MR) is 90.0 cm³/mol. The zero-order valence-electron chi connectivity index (χ0n) is 12.1. The van der Waals surface area contributed by atoms with Gasteiger partial charge in [0, 0.05) is 29.0 Å². The molecule has 9 heteroatoms. The summed E-state index contributed by atoms with van der Waals surface area (Å²) in [4.78, 5) is 8.26. The Bertz CT molecular complexity index is 756. The first-order chi connectivity index (χ1) is 10.9. The zero-order chi connectivity index (χ0) is 16.6. The third-order valence-corrected chi connectivity index (χ3v) is 3.99. The Kier molecular flexibility index (Phi) is 4.03. The van der Waals surface area contributed by atoms with Crippen LogP contribution in [-0.2, 0) is 5.79 Å². The van der Waals surface area contributed by atoms with Gasteiger partial charge in [0.15, 0.2) is 0 Å². The Labute approximate surface area is 142 Å². The number of aromatic nitrogens is 1. The molecule has 6 N–H and O–H groups in total. The van der Waals surface area contributed by atoms with E-state index in [1.807, 2.05) is 6.07 Å². The summed E-state index contributed by atoms with van der Waals surface area (Å²) in [5, 5.41) is 0.846. The van der Waals surface area contributed by atoms with Gasteiger partial charge in [-0.3, -0.25) is 11.2 Å². The van der Waals surface area contributed by atoms with E-state index in [1.54, 1.807) is 31.5 Å². The number of aliphatic imine (C=N–C) groups is 1. The largest absolute Gasteiger partial charge is 0.481 e. The standard InChI is InChI=1S/C14H14Cl2N6O/c1-23-11-3-2-7(6-19-11)12-9(15)4-8(5-10(12)16)14(18)20-13(17)21-22-14/h2-6,22H,18H2,1H3,(H3,17,20,21). The molecule has 0 radical (unpaired) electrons. The van der Waals surface area contributed by atoms with Crippen LogP contribution in [0.25, 0.3) is 11.1 Å². The summed E-state index contributed by atoms with van der Waals surface area (Å²) >= 11 is 12.8. The van der Waals surface area contributed by atoms with Gasteiger partial charge < -0.3 is 10.5 Å². The molecule has 3 rings (SSSR count). The molecule has 120 valence electrons. The quantitative estimate of drug-likeness (QED) is 0.667. The van der Waals surface area contributed by atoms with Crippen LogP contribution in [-0.4, -0.2) is 18.1 Å². The van der Waals surface area contributed by atoms with E-state index >= 15 is 0 Å². The Morgan fingerprint density at radius 2 is 1.91 bits per heavy atom. The number of halogens is 2. The van der Waals surface area contributed by atoms with Crippen molar-refractivity contribution in [2.45, 2.75) is 5.79 Å². The maximum absolute atomic E-state index is 6.39. The highest BCUT2D eigenvalue weighted by molar-refractivity contribution is 6.39. The molecule has 0 fully saturated rings. The van der Waals surface area contributed by atoms with Crippen LogP contribution in [0.4, 0.5) is 0 Å². The molecule has 2 heterocycles. The first kappa shape index (κ1) is 15.8. The van der Waals surface area contributed by atoms with Crippen LogP contribution < -0.4 is 27.1 Å². The van der Waals surface area contributed by atoms with Gasteiger partial charge >= 0.3 is 0 Å². The van der Waals surface area contributed by atoms with Crippen molar-refractivity contribution in [3.05, 3.63) is 46.1 Å². The molecular formula is C14H14Cl2N6O. The summed E-state index contributed by atoms with van der Waals surface area (Å²) in [5.41, 5.74) is 19.1. The number of nitrogens with two attached hydrogens (primary N) is 2. The molecule has 1 atom stereocenters. The molecule has 23 heavy (non-hydrogen) atoms. The van der Waals surface area contributed by atoms with Gasteiger partial charge in [-0.05, 0) is 18.2 Å². The lowest BCUT2D eigenvalue weighted by molar-refractivity contribution is 0.375. The number of guanidine groups is 1. The minimum atomic E-state index is -1.23. The number of benzene rings is 1. The van der Waals surface area contributed by atoms with Gasteiger partial charge in [0.05, 0.1) is 17.2 Å². The van der Waals surface area contributed by atoms with Gasteiger partial charge in [-0.15, -0.1) is 0 Å². The topological polar surface area (TPSA) is 111 Å². The number of hydrazine groups is 1. The van der Waals surface area contributed by atoms with E-state index in [2.05, 4.69) is 20.8 Å². The van der Waals surface area contributed by atoms with Crippen molar-refractivity contribution < 1.29 is 4.74 Å². The monoisotopic (exact) mass is 352 g/mol. The molecule has 1 aliphatic heterocycles. The second kappa shape index (κ2) is 5.86. The van der Waals surface area contributed by atoms with E-state index in [0.29, 0.717) is 27.1 Å². The minimum Gasteiger partial charge on any atom is -0.481 e. The van der Waals surface area contributed by atoms with Crippen molar-refractivity contribution in [2.75, 3.05) is 7.11 Å². The molecule has 1 unspecified atom stereocenters. The van der Waals surface area contributed by atoms with E-state index in [4.69, 9.17) is 39.4 Å². The Morgan fingerprint density at radius 1 is 1.22 bits per heavy atom. The number of methoxy groups -OCH3 is 1. The molecule has 0 aliphatic carbocycles. The maximum atomic E-state index is 6.39. The van der Waals surface area contributed by atoms with Gasteiger partial charge in [-0.25, -0.2) is 9.98 Å². The van der Waals surface area contributed by atoms with Gasteiger partial charge in [-0.2, -0.15) is 5.43 Å². The fraction of sp³-hybridized carbons (Fsp3) is 0.143. The number of nitrogens with zero attached hydrogens (tertiary/aromatic N) is 2. The van der Waals surface area contributed by atoms with E-state index in [1.165, 1.54) is 0 Å². The van der Waals surface area contributed by atoms with Crippen LogP contribution in [0.1, 0.15) is 5.56 Å². The highest BCUT2D eigenvalue weighted by Crippen LogP contribution is 2.38. The van der Waals surface area contributed by atoms with Crippen LogP contribution in [0.5, 0.6) is 5.88 Å². The molecule has 0 bridgehead atoms. The average Bonchev–Trinajstić information content (AvgIpc) is 2.88. The molecule has 1 aromatic heterocycles. The second-order valence-electron chi connectivity index (χ2n) is 4.92. The molecule has 1 aromatic carbocycles. The number of pyridine rings is 1. The molecule has 7 nitrogen and oxygen atoms in total. The molecule has 0 saturated carbocycles. The minimum absolute atomic E-state index is 0.183. The van der Waals surface area contributed by atoms with Gasteiger partial charge in [-0.1, -0.05) is 23.2 Å². The molecule has 0 spiro atoms. The normalized spacial score (nSPS) is 20.1. The van der Waals surface area contributed by atoms with Crippen molar-refractivity contribution in [2.24, 2.45) is 16.5 Å². The number of hydrogen-bond donors (Lipinski definition) is 4. The zero-order valence-corrected chi connectivity index (χ0v) is 13.6. The van der Waals surface area contributed by atoms with Gasteiger partial charge in [0.25, 0.3) is 0 Å². The van der Waals surface area contributed by atoms with Crippen LogP contribution in [0.2, 0.25) is 10.0 Å². The molecule has 0 amide bonds. The Morgan fingerprint density at radius 3 is 2.39 bits per heavy atom. The Balaban J connectivity index is 2.04. The van der Waals surface area contributed by atoms with Crippen LogP contribution >= 0.6 is 23.2 Å². The highest BCUT2D eigenvalue weighted by atomic mass is 35.5. The summed E-state index contributed by atoms with van der Waals surface area (Å²) in [5.74, 6) is -0.540. The van der Waals surface area contributed by atoms with Crippen molar-refractivity contribution in [1.29, 1.82) is 0 Å². The van der Waals surface area contributed by atoms with E-state index in [9.17, 15) is 0 Å². The third-order valence-electron chi connectivity index (χ3n) is 3.39. The number of ether oxygens (including phenoxy) is 1. The number of rotatable bonds is 3. The summed E-state index contributed by atoms with van der Waals surface area (Å²) in [6, 6.07) is 6.92. The van der Waals surface area contributed by atoms with Crippen molar-refractivity contribution >= 4 is 29.2 Å². The maximum Gasteiger partial charge on any atom is 0.212 e. The Hall–Kier alpha value is -2.06. The predicted octanol–water partition coefficient (Wildman–Crippen LogP) is 1.56. The highest BCUT2D eigenvalue weighted by Gasteiger charge is 2.32. The molecule has 2 aromatic rings. The van der Waals surface area contributed by atoms with Crippen LogP contribution in [0.15, 0.2) is 35.5 Å². The van der Waals surface area contributed by atoms with E-state index in [0.717, 1.165) is 5.56 Å². The van der Waals surface area contributed by atoms with Crippen molar-refractivity contribution in [1.82, 2.24) is 15.8 Å². The van der Waals surface area contributed by atoms with Crippen molar-refractivity contribution in [3.8, 4) is 17.0 Å². The van der Waals surface area contributed by atoms with E-state index < -0.39 is 5.79 Å². The van der Waals surface area contributed by atoms with E-state index in [-0.39, 0.29) is 5.96 Å². The summed E-state index contributed by atoms with van der Waals surface area (Å²) in [6.45, 7) is 0. The third kappa shape index (κ3) is 2.91. The molecular weight excluding hydrogens is 339 g/mol. The van der Waals surface area contributed by atoms with Gasteiger partial charge in [0.1, 0.15) is 0 Å². The second-order valence-corrected chi connectivity index (χ2v) is 5.73. The molecule has 0 saturated heterocycles. The lowest BCUT2D eigenvalue weighted by Crippen LogP contribution is -2.50. The first-order valence-corrected chi connectivity index (χ1v) is 7.36. The van der Waals surface area contributed by atoms with Crippen molar-refractivity contribution in [3.63, 3.8) is 0 Å². The average molecular weight is 353 g/mol. The fourth-order valence-corrected chi connectivity index (χ4v) is 2.97. The van der Waals surface area contributed by atoms with Crippen LogP contribution in [0, 0.1) is 0 Å². The fourth-order valence-electron chi connectivity index (χ4n) is 2.26. The smallest absolute Gasteiger partial charge is 0.212 e. The summed E-state index contributed by atoms with van der Waals surface area (Å²) in [7, 11) is 1.55. The van der Waals surface area contributed by atoms with Crippen LogP contribution in [0.3, 0.4) is 0 Å².